The minimum absolute atomic E-state index is 0. The van der Waals surface area contributed by atoms with Gasteiger partial charge in [-0.25, -0.2) is 0 Å². The van der Waals surface area contributed by atoms with Crippen LogP contribution in [0.3, 0.4) is 0 Å². The van der Waals surface area contributed by atoms with Crippen LogP contribution in [-0.2, 0) is 21.9 Å². The Morgan fingerprint density at radius 2 is 2.10 bits per heavy atom. The molecule has 0 spiro atoms. The molecule has 0 bridgehead atoms. The molecule has 1 aliphatic rings. The van der Waals surface area contributed by atoms with Gasteiger partial charge < -0.3 is 5.11 Å². The summed E-state index contributed by atoms with van der Waals surface area (Å²) in [7, 11) is 0. The molecule has 0 aromatic heterocycles. The molecule has 1 fully saturated rings. The number of aliphatic hydroxyl groups is 1. The average molecular weight is 190 g/mol. The molecule has 61 valence electrons. The van der Waals surface area contributed by atoms with E-state index in [-0.39, 0.29) is 28.6 Å². The van der Waals surface area contributed by atoms with Crippen LogP contribution >= 0.6 is 0 Å². The van der Waals surface area contributed by atoms with E-state index in [2.05, 4.69) is 0 Å². The third-order valence-electron chi connectivity index (χ3n) is 1.60. The Morgan fingerprint density at radius 3 is 2.30 bits per heavy atom. The van der Waals surface area contributed by atoms with Crippen LogP contribution in [0.5, 0.6) is 0 Å². The maximum absolute atomic E-state index is 10.8. The summed E-state index contributed by atoms with van der Waals surface area (Å²) in [6.45, 7) is 1.57. The number of aliphatic hydroxyl groups excluding tert-OH is 1. The van der Waals surface area contributed by atoms with Crippen molar-refractivity contribution in [3.05, 3.63) is 11.3 Å². The smallest absolute Gasteiger partial charge is 0.162 e. The van der Waals surface area contributed by atoms with E-state index in [0.717, 1.165) is 12.8 Å². The topological polar surface area (TPSA) is 37.3 Å². The Hall–Kier alpha value is -0.271. The van der Waals surface area contributed by atoms with E-state index >= 15 is 0 Å². The number of Topliss-reactive ketones (excluding diaryl/α,β-unsaturated/α-hetero) is 1. The largest absolute Gasteiger partial charge is 0.512 e. The van der Waals surface area contributed by atoms with Crippen molar-refractivity contribution in [2.75, 3.05) is 0 Å². The van der Waals surface area contributed by atoms with Crippen LogP contribution in [0.2, 0.25) is 0 Å². The second-order valence-electron chi connectivity index (χ2n) is 2.34. The first kappa shape index (κ1) is 9.73. The van der Waals surface area contributed by atoms with Crippen molar-refractivity contribution < 1.29 is 27.0 Å². The first-order valence-electron chi connectivity index (χ1n) is 3.13. The molecular formula is C7H10CuO2. The molecule has 10 heavy (non-hydrogen) atoms. The first-order chi connectivity index (χ1) is 4.22. The van der Waals surface area contributed by atoms with E-state index < -0.39 is 0 Å². The fourth-order valence-corrected chi connectivity index (χ4v) is 1.10. The Balaban J connectivity index is 0.000000810. The molecule has 0 aliphatic heterocycles. The summed E-state index contributed by atoms with van der Waals surface area (Å²) in [6, 6.07) is 0. The predicted molar refractivity (Wildman–Crippen MR) is 34.2 cm³/mol. The van der Waals surface area contributed by atoms with Crippen molar-refractivity contribution in [3.8, 4) is 0 Å². The normalized spacial score (nSPS) is 22.3. The van der Waals surface area contributed by atoms with Crippen molar-refractivity contribution in [2.45, 2.75) is 26.2 Å². The van der Waals surface area contributed by atoms with Crippen LogP contribution < -0.4 is 0 Å². The van der Waals surface area contributed by atoms with Crippen LogP contribution in [0.15, 0.2) is 11.3 Å². The summed E-state index contributed by atoms with van der Waals surface area (Å²) in [5, 5.41) is 8.88. The van der Waals surface area contributed by atoms with E-state index in [4.69, 9.17) is 5.11 Å². The monoisotopic (exact) mass is 189 g/mol. The van der Waals surface area contributed by atoms with Gasteiger partial charge in [-0.3, -0.25) is 4.79 Å². The number of hydrogen-bond acceptors (Lipinski definition) is 2. The molecule has 0 aromatic rings. The molecule has 0 saturated heterocycles. The van der Waals surface area contributed by atoms with Gasteiger partial charge in [0.05, 0.1) is 5.76 Å². The molecule has 0 aromatic carbocycles. The second kappa shape index (κ2) is 3.79. The SMILES string of the molecule is C/C(O)=C1/CCCC1=O.[Cu]. The number of carbonyl (C=O) groups excluding carboxylic acids is 1. The second-order valence-corrected chi connectivity index (χ2v) is 2.34. The summed E-state index contributed by atoms with van der Waals surface area (Å²) in [4.78, 5) is 10.8. The van der Waals surface area contributed by atoms with Crippen LogP contribution in [0, 0.1) is 0 Å². The Kier molecular flexibility index (Phi) is 3.69. The summed E-state index contributed by atoms with van der Waals surface area (Å²) in [5.74, 6) is 0.326. The van der Waals surface area contributed by atoms with Crippen molar-refractivity contribution in [2.24, 2.45) is 0 Å². The number of carbonyl (C=O) groups is 1. The van der Waals surface area contributed by atoms with E-state index in [1.165, 1.54) is 0 Å². The third kappa shape index (κ3) is 1.86. The number of rotatable bonds is 0. The average Bonchev–Trinajstić information content (AvgIpc) is 2.13. The zero-order chi connectivity index (χ0) is 6.85. The summed E-state index contributed by atoms with van der Waals surface area (Å²) in [6.07, 6.45) is 2.29. The van der Waals surface area contributed by atoms with Gasteiger partial charge in [-0.2, -0.15) is 0 Å². The number of allylic oxidation sites excluding steroid dienone is 2. The molecule has 1 aliphatic carbocycles. The molecule has 1 saturated carbocycles. The minimum Gasteiger partial charge on any atom is -0.512 e. The van der Waals surface area contributed by atoms with Crippen molar-refractivity contribution >= 4 is 5.78 Å². The molecule has 0 unspecified atom stereocenters. The quantitative estimate of drug-likeness (QED) is 0.357. The van der Waals surface area contributed by atoms with E-state index in [1.807, 2.05) is 0 Å². The van der Waals surface area contributed by atoms with Crippen LogP contribution in [0.1, 0.15) is 26.2 Å². The molecule has 0 atom stereocenters. The van der Waals surface area contributed by atoms with Crippen molar-refractivity contribution in [3.63, 3.8) is 0 Å². The van der Waals surface area contributed by atoms with Crippen LogP contribution in [-0.4, -0.2) is 10.9 Å². The van der Waals surface area contributed by atoms with Gasteiger partial charge in [-0.05, 0) is 19.8 Å². The van der Waals surface area contributed by atoms with Crippen molar-refractivity contribution in [1.29, 1.82) is 0 Å². The number of ketones is 1. The van der Waals surface area contributed by atoms with Crippen molar-refractivity contribution in [1.82, 2.24) is 0 Å². The fraction of sp³-hybridized carbons (Fsp3) is 0.571. The van der Waals surface area contributed by atoms with Gasteiger partial charge in [0.25, 0.3) is 0 Å². The summed E-state index contributed by atoms with van der Waals surface area (Å²) in [5.41, 5.74) is 0.634. The molecular weight excluding hydrogens is 180 g/mol. The Labute approximate surface area is 70.8 Å². The van der Waals surface area contributed by atoms with E-state index in [0.29, 0.717) is 12.0 Å². The molecule has 0 amide bonds. The van der Waals surface area contributed by atoms with Gasteiger partial charge in [0, 0.05) is 29.1 Å². The molecule has 1 N–H and O–H groups in total. The van der Waals surface area contributed by atoms with Gasteiger partial charge in [-0.1, -0.05) is 0 Å². The molecule has 0 heterocycles. The standard InChI is InChI=1S/C7H10O2.Cu/c1-5(8)6-3-2-4-7(6)9;/h8H,2-4H2,1H3;/b6-5+;. The maximum atomic E-state index is 10.8. The first-order valence-corrected chi connectivity index (χ1v) is 3.13. The maximum Gasteiger partial charge on any atom is 0.162 e. The van der Waals surface area contributed by atoms with Crippen LogP contribution in [0.4, 0.5) is 0 Å². The van der Waals surface area contributed by atoms with E-state index in [9.17, 15) is 4.79 Å². The summed E-state index contributed by atoms with van der Waals surface area (Å²) < 4.78 is 0. The zero-order valence-corrected chi connectivity index (χ0v) is 6.72. The molecule has 3 heteroatoms. The Morgan fingerprint density at radius 1 is 1.50 bits per heavy atom. The number of hydrogen-bond donors (Lipinski definition) is 1. The summed E-state index contributed by atoms with van der Waals surface area (Å²) >= 11 is 0. The van der Waals surface area contributed by atoms with Gasteiger partial charge in [-0.15, -0.1) is 0 Å². The molecule has 1 radical (unpaired) electrons. The van der Waals surface area contributed by atoms with Crippen LogP contribution in [0.25, 0.3) is 0 Å². The minimum atomic E-state index is 0. The molecule has 1 rings (SSSR count). The zero-order valence-electron chi connectivity index (χ0n) is 5.78. The predicted octanol–water partition coefficient (Wildman–Crippen LogP) is 1.57. The van der Waals surface area contributed by atoms with Gasteiger partial charge in [0.15, 0.2) is 5.78 Å². The van der Waals surface area contributed by atoms with Gasteiger partial charge in [0.1, 0.15) is 0 Å². The van der Waals surface area contributed by atoms with Gasteiger partial charge in [0.2, 0.25) is 0 Å². The van der Waals surface area contributed by atoms with Gasteiger partial charge >= 0.3 is 0 Å². The Bertz CT molecular complexity index is 168. The third-order valence-corrected chi connectivity index (χ3v) is 1.60. The fourth-order valence-electron chi connectivity index (χ4n) is 1.10. The molecule has 2 nitrogen and oxygen atoms in total. The van der Waals surface area contributed by atoms with E-state index in [1.54, 1.807) is 6.92 Å².